The Morgan fingerprint density at radius 1 is 1.30 bits per heavy atom. The Morgan fingerprint density at radius 2 is 2.00 bits per heavy atom. The predicted molar refractivity (Wildman–Crippen MR) is 84.2 cm³/mol. The van der Waals surface area contributed by atoms with Crippen LogP contribution in [0.2, 0.25) is 0 Å². The van der Waals surface area contributed by atoms with Gasteiger partial charge in [0.1, 0.15) is 5.82 Å². The summed E-state index contributed by atoms with van der Waals surface area (Å²) < 4.78 is 0. The van der Waals surface area contributed by atoms with Crippen LogP contribution in [0.15, 0.2) is 18.3 Å². The molecule has 20 heavy (non-hydrogen) atoms. The molecular weight excluding hydrogens is 252 g/mol. The van der Waals surface area contributed by atoms with Crippen molar-refractivity contribution in [1.82, 2.24) is 10.3 Å². The van der Waals surface area contributed by atoms with Crippen molar-refractivity contribution in [2.45, 2.75) is 40.2 Å². The summed E-state index contributed by atoms with van der Waals surface area (Å²) >= 11 is 0. The molecular formula is C15H26N4O. The van der Waals surface area contributed by atoms with E-state index < -0.39 is 0 Å². The van der Waals surface area contributed by atoms with Crippen molar-refractivity contribution in [3.63, 3.8) is 0 Å². The molecule has 0 aliphatic carbocycles. The van der Waals surface area contributed by atoms with Crippen molar-refractivity contribution < 1.29 is 4.79 Å². The average molecular weight is 278 g/mol. The van der Waals surface area contributed by atoms with E-state index in [9.17, 15) is 4.79 Å². The zero-order valence-corrected chi connectivity index (χ0v) is 12.9. The van der Waals surface area contributed by atoms with E-state index >= 15 is 0 Å². The van der Waals surface area contributed by atoms with Gasteiger partial charge in [-0.25, -0.2) is 4.98 Å². The summed E-state index contributed by atoms with van der Waals surface area (Å²) in [6.45, 7) is 10.5. The van der Waals surface area contributed by atoms with Gasteiger partial charge in [0.05, 0.1) is 18.4 Å². The van der Waals surface area contributed by atoms with Crippen molar-refractivity contribution in [3.05, 3.63) is 18.3 Å². The number of hydrogen-bond acceptors (Lipinski definition) is 4. The Morgan fingerprint density at radius 3 is 2.50 bits per heavy atom. The molecule has 0 spiro atoms. The molecule has 0 fully saturated rings. The molecule has 1 heterocycles. The number of hydrogen-bond donors (Lipinski definition) is 2. The Kier molecular flexibility index (Phi) is 7.01. The maximum absolute atomic E-state index is 11.8. The molecule has 112 valence electrons. The van der Waals surface area contributed by atoms with Crippen LogP contribution in [-0.2, 0) is 4.79 Å². The normalized spacial score (nSPS) is 12.0. The standard InChI is InChI=1S/C15H26N4O/c1-5-12(4)16-11-15(20)18-13-8-9-14(17-10-13)19(6-2)7-3/h8-10,12,16H,5-7,11H2,1-4H3,(H,18,20). The fraction of sp³-hybridized carbons (Fsp3) is 0.600. The summed E-state index contributed by atoms with van der Waals surface area (Å²) in [5.41, 5.74) is 0.733. The first-order valence-electron chi connectivity index (χ1n) is 7.34. The molecule has 0 radical (unpaired) electrons. The van der Waals surface area contributed by atoms with E-state index in [2.05, 4.69) is 48.2 Å². The fourth-order valence-corrected chi connectivity index (χ4v) is 1.81. The molecule has 1 unspecified atom stereocenters. The lowest BCUT2D eigenvalue weighted by Gasteiger charge is -2.19. The van der Waals surface area contributed by atoms with Gasteiger partial charge in [-0.05, 0) is 39.3 Å². The zero-order valence-electron chi connectivity index (χ0n) is 12.9. The molecule has 5 nitrogen and oxygen atoms in total. The number of nitrogens with one attached hydrogen (secondary N) is 2. The van der Waals surface area contributed by atoms with E-state index in [1.165, 1.54) is 0 Å². The van der Waals surface area contributed by atoms with E-state index in [0.717, 1.165) is 31.0 Å². The van der Waals surface area contributed by atoms with Gasteiger partial charge in [0.15, 0.2) is 0 Å². The number of rotatable bonds is 8. The summed E-state index contributed by atoms with van der Waals surface area (Å²) in [6.07, 6.45) is 2.71. The highest BCUT2D eigenvalue weighted by Crippen LogP contribution is 2.13. The number of amides is 1. The SMILES string of the molecule is CCC(C)NCC(=O)Nc1ccc(N(CC)CC)nc1. The summed E-state index contributed by atoms with van der Waals surface area (Å²) in [6, 6.07) is 4.18. The summed E-state index contributed by atoms with van der Waals surface area (Å²) in [4.78, 5) is 18.3. The van der Waals surface area contributed by atoms with Crippen LogP contribution in [0.5, 0.6) is 0 Å². The molecule has 1 amide bonds. The minimum atomic E-state index is -0.0392. The van der Waals surface area contributed by atoms with Crippen LogP contribution in [-0.4, -0.2) is 36.6 Å². The molecule has 0 saturated carbocycles. The molecule has 1 aromatic rings. The van der Waals surface area contributed by atoms with Crippen LogP contribution in [0.3, 0.4) is 0 Å². The average Bonchev–Trinajstić information content (AvgIpc) is 2.47. The zero-order chi connectivity index (χ0) is 15.0. The van der Waals surface area contributed by atoms with Crippen LogP contribution >= 0.6 is 0 Å². The second-order valence-corrected chi connectivity index (χ2v) is 4.82. The Bertz CT molecular complexity index is 401. The van der Waals surface area contributed by atoms with Gasteiger partial charge in [0.25, 0.3) is 0 Å². The third kappa shape index (κ3) is 5.17. The molecule has 2 N–H and O–H groups in total. The molecule has 0 aliphatic rings. The van der Waals surface area contributed by atoms with E-state index in [0.29, 0.717) is 12.6 Å². The van der Waals surface area contributed by atoms with Gasteiger partial charge in [-0.15, -0.1) is 0 Å². The molecule has 1 atom stereocenters. The van der Waals surface area contributed by atoms with Crippen molar-refractivity contribution in [2.75, 3.05) is 29.9 Å². The van der Waals surface area contributed by atoms with E-state index in [4.69, 9.17) is 0 Å². The van der Waals surface area contributed by atoms with Crippen LogP contribution in [0.4, 0.5) is 11.5 Å². The molecule has 1 aromatic heterocycles. The quantitative estimate of drug-likeness (QED) is 0.766. The van der Waals surface area contributed by atoms with Gasteiger partial charge >= 0.3 is 0 Å². The third-order valence-electron chi connectivity index (χ3n) is 3.34. The third-order valence-corrected chi connectivity index (χ3v) is 3.34. The smallest absolute Gasteiger partial charge is 0.238 e. The topological polar surface area (TPSA) is 57.3 Å². The lowest BCUT2D eigenvalue weighted by molar-refractivity contribution is -0.115. The van der Waals surface area contributed by atoms with Crippen molar-refractivity contribution >= 4 is 17.4 Å². The second kappa shape index (κ2) is 8.53. The molecule has 0 saturated heterocycles. The lowest BCUT2D eigenvalue weighted by Crippen LogP contribution is -2.34. The predicted octanol–water partition coefficient (Wildman–Crippen LogP) is 2.25. The van der Waals surface area contributed by atoms with Crippen LogP contribution in [0.1, 0.15) is 34.1 Å². The lowest BCUT2D eigenvalue weighted by atomic mass is 10.2. The fourth-order valence-electron chi connectivity index (χ4n) is 1.81. The number of aromatic nitrogens is 1. The van der Waals surface area contributed by atoms with Gasteiger partial charge in [-0.2, -0.15) is 0 Å². The maximum Gasteiger partial charge on any atom is 0.238 e. The second-order valence-electron chi connectivity index (χ2n) is 4.82. The van der Waals surface area contributed by atoms with E-state index in [1.54, 1.807) is 6.20 Å². The van der Waals surface area contributed by atoms with Crippen LogP contribution < -0.4 is 15.5 Å². The summed E-state index contributed by atoms with van der Waals surface area (Å²) in [5, 5.41) is 6.00. The minimum Gasteiger partial charge on any atom is -0.357 e. The van der Waals surface area contributed by atoms with Gasteiger partial charge in [0.2, 0.25) is 5.91 Å². The first-order valence-corrected chi connectivity index (χ1v) is 7.34. The number of anilines is 2. The van der Waals surface area contributed by atoms with Gasteiger partial charge in [-0.3, -0.25) is 4.79 Å². The van der Waals surface area contributed by atoms with Crippen LogP contribution in [0, 0.1) is 0 Å². The Labute approximate surface area is 121 Å². The molecule has 0 bridgehead atoms. The van der Waals surface area contributed by atoms with Crippen LogP contribution in [0.25, 0.3) is 0 Å². The molecule has 0 aliphatic heterocycles. The van der Waals surface area contributed by atoms with Gasteiger partial charge < -0.3 is 15.5 Å². The highest BCUT2D eigenvalue weighted by molar-refractivity contribution is 5.92. The maximum atomic E-state index is 11.8. The number of carbonyl (C=O) groups excluding carboxylic acids is 1. The van der Waals surface area contributed by atoms with Gasteiger partial charge in [-0.1, -0.05) is 6.92 Å². The number of pyridine rings is 1. The first kappa shape index (κ1) is 16.4. The van der Waals surface area contributed by atoms with Crippen molar-refractivity contribution in [3.8, 4) is 0 Å². The first-order chi connectivity index (χ1) is 9.60. The van der Waals surface area contributed by atoms with E-state index in [1.807, 2.05) is 12.1 Å². The van der Waals surface area contributed by atoms with Crippen molar-refractivity contribution in [2.24, 2.45) is 0 Å². The van der Waals surface area contributed by atoms with Gasteiger partial charge in [0, 0.05) is 19.1 Å². The van der Waals surface area contributed by atoms with Crippen molar-refractivity contribution in [1.29, 1.82) is 0 Å². The number of nitrogens with zero attached hydrogens (tertiary/aromatic N) is 2. The molecule has 1 rings (SSSR count). The Balaban J connectivity index is 2.50. The summed E-state index contributed by atoms with van der Waals surface area (Å²) in [7, 11) is 0. The molecule has 0 aromatic carbocycles. The highest BCUT2D eigenvalue weighted by atomic mass is 16.1. The molecule has 5 heteroatoms. The monoisotopic (exact) mass is 278 g/mol. The summed E-state index contributed by atoms with van der Waals surface area (Å²) in [5.74, 6) is 0.897. The highest BCUT2D eigenvalue weighted by Gasteiger charge is 2.06. The largest absolute Gasteiger partial charge is 0.357 e. The number of carbonyl (C=O) groups is 1. The Hall–Kier alpha value is -1.62. The van der Waals surface area contributed by atoms with E-state index in [-0.39, 0.29) is 5.91 Å². The minimum absolute atomic E-state index is 0.0392.